The van der Waals surface area contributed by atoms with E-state index in [0.29, 0.717) is 5.02 Å². The van der Waals surface area contributed by atoms with Crippen LogP contribution in [0.5, 0.6) is 5.88 Å². The molecule has 1 amide bonds. The predicted molar refractivity (Wildman–Crippen MR) is 102 cm³/mol. The lowest BCUT2D eigenvalue weighted by Gasteiger charge is -2.16. The molecule has 1 aromatic carbocycles. The van der Waals surface area contributed by atoms with E-state index in [0.717, 1.165) is 11.6 Å². The summed E-state index contributed by atoms with van der Waals surface area (Å²) in [5, 5.41) is 7.14. The molecule has 0 aliphatic carbocycles. The number of nitrogens with zero attached hydrogens (tertiary/aromatic N) is 3. The number of nitrogens with one attached hydrogen (secondary N) is 1. The lowest BCUT2D eigenvalue weighted by atomic mass is 10.1. The minimum absolute atomic E-state index is 0.0288. The Morgan fingerprint density at radius 3 is 2.59 bits per heavy atom. The number of rotatable bonds is 5. The summed E-state index contributed by atoms with van der Waals surface area (Å²) in [7, 11) is 1.49. The van der Waals surface area contributed by atoms with Crippen LogP contribution in [0.1, 0.15) is 23.7 Å². The van der Waals surface area contributed by atoms with Crippen molar-refractivity contribution >= 4 is 28.5 Å². The molecular weight excluding hydrogens is 409 g/mol. The fourth-order valence-electron chi connectivity index (χ4n) is 2.88. The number of carbonyl (C=O) groups is 1. The van der Waals surface area contributed by atoms with Gasteiger partial charge in [0.25, 0.3) is 5.91 Å². The Balaban J connectivity index is 1.79. The summed E-state index contributed by atoms with van der Waals surface area (Å²) < 4.78 is 47.2. The smallest absolute Gasteiger partial charge is 0.417 e. The molecule has 29 heavy (non-hydrogen) atoms. The van der Waals surface area contributed by atoms with E-state index in [1.54, 1.807) is 24.3 Å². The Bertz CT molecular complexity index is 1050. The monoisotopic (exact) mass is 426 g/mol. The normalized spacial score (nSPS) is 12.8. The Labute approximate surface area is 169 Å². The summed E-state index contributed by atoms with van der Waals surface area (Å²) >= 11 is 5.81. The SMILES string of the molecule is Cc1nn(C)c2nc(O[C@@H](C)C(=O)NCc3ccc(Cl)cc3)cc(C(F)(F)F)c12. The number of ether oxygens (including phenoxy) is 1. The van der Waals surface area contributed by atoms with E-state index in [2.05, 4.69) is 15.4 Å². The molecule has 0 saturated carbocycles. The van der Waals surface area contributed by atoms with Gasteiger partial charge in [-0.25, -0.2) is 0 Å². The van der Waals surface area contributed by atoms with Gasteiger partial charge in [-0.2, -0.15) is 23.3 Å². The van der Waals surface area contributed by atoms with Crippen molar-refractivity contribution in [3.63, 3.8) is 0 Å². The molecule has 0 bridgehead atoms. The number of carbonyl (C=O) groups excluding carboxylic acids is 1. The van der Waals surface area contributed by atoms with E-state index in [-0.39, 0.29) is 29.2 Å². The van der Waals surface area contributed by atoms with Crippen LogP contribution in [0.25, 0.3) is 11.0 Å². The molecule has 2 heterocycles. The highest BCUT2D eigenvalue weighted by molar-refractivity contribution is 6.30. The average molecular weight is 427 g/mol. The molecule has 3 rings (SSSR count). The molecular formula is C19H18ClF3N4O2. The van der Waals surface area contributed by atoms with Gasteiger partial charge in [0.2, 0.25) is 5.88 Å². The highest BCUT2D eigenvalue weighted by Gasteiger charge is 2.36. The minimum atomic E-state index is -4.62. The van der Waals surface area contributed by atoms with Crippen LogP contribution in [-0.2, 0) is 24.6 Å². The van der Waals surface area contributed by atoms with Gasteiger partial charge in [-0.3, -0.25) is 9.48 Å². The van der Waals surface area contributed by atoms with Gasteiger partial charge in [-0.1, -0.05) is 23.7 Å². The van der Waals surface area contributed by atoms with Gasteiger partial charge in [0.05, 0.1) is 16.6 Å². The van der Waals surface area contributed by atoms with Gasteiger partial charge in [-0.15, -0.1) is 0 Å². The second-order valence-electron chi connectivity index (χ2n) is 6.52. The van der Waals surface area contributed by atoms with E-state index < -0.39 is 23.8 Å². The predicted octanol–water partition coefficient (Wildman–Crippen LogP) is 4.03. The van der Waals surface area contributed by atoms with E-state index in [1.807, 2.05) is 0 Å². The van der Waals surface area contributed by atoms with Crippen molar-refractivity contribution in [2.24, 2.45) is 7.05 Å². The number of alkyl halides is 3. The number of hydrogen-bond donors (Lipinski definition) is 1. The van der Waals surface area contributed by atoms with E-state index in [4.69, 9.17) is 16.3 Å². The van der Waals surface area contributed by atoms with Crippen molar-refractivity contribution < 1.29 is 22.7 Å². The summed E-state index contributed by atoms with van der Waals surface area (Å²) in [4.78, 5) is 16.4. The van der Waals surface area contributed by atoms with Crippen molar-refractivity contribution in [3.05, 3.63) is 52.2 Å². The van der Waals surface area contributed by atoms with Gasteiger partial charge in [0.1, 0.15) is 0 Å². The summed E-state index contributed by atoms with van der Waals surface area (Å²) in [6, 6.07) is 7.68. The molecule has 154 valence electrons. The van der Waals surface area contributed by atoms with E-state index in [1.165, 1.54) is 25.6 Å². The second-order valence-corrected chi connectivity index (χ2v) is 6.95. The van der Waals surface area contributed by atoms with E-state index >= 15 is 0 Å². The molecule has 1 atom stereocenters. The fraction of sp³-hybridized carbons (Fsp3) is 0.316. The zero-order valence-electron chi connectivity index (χ0n) is 15.8. The topological polar surface area (TPSA) is 69.0 Å². The second kappa shape index (κ2) is 7.90. The Hall–Kier alpha value is -2.81. The number of aryl methyl sites for hydroxylation is 2. The van der Waals surface area contributed by atoms with Crippen LogP contribution in [0.4, 0.5) is 13.2 Å². The van der Waals surface area contributed by atoms with Crippen molar-refractivity contribution in [2.75, 3.05) is 0 Å². The molecule has 0 aliphatic heterocycles. The van der Waals surface area contributed by atoms with Crippen LogP contribution in [0, 0.1) is 6.92 Å². The third kappa shape index (κ3) is 4.61. The van der Waals surface area contributed by atoms with Crippen LogP contribution in [-0.4, -0.2) is 26.8 Å². The van der Waals surface area contributed by atoms with Crippen molar-refractivity contribution in [2.45, 2.75) is 32.7 Å². The largest absolute Gasteiger partial charge is 0.464 e. The first-order chi connectivity index (χ1) is 13.6. The lowest BCUT2D eigenvalue weighted by molar-refractivity contribution is -0.136. The van der Waals surface area contributed by atoms with Crippen LogP contribution < -0.4 is 10.1 Å². The molecule has 0 unspecified atom stereocenters. The van der Waals surface area contributed by atoms with Crippen LogP contribution in [0.2, 0.25) is 5.02 Å². The standard InChI is InChI=1S/C19H18ClF3N4O2/c1-10-16-14(19(21,22)23)8-15(25-17(16)27(3)26-10)29-11(2)18(28)24-9-12-4-6-13(20)7-5-12/h4-8,11H,9H2,1-3H3,(H,24,28)/t11-/m0/s1. The fourth-order valence-corrected chi connectivity index (χ4v) is 3.00. The zero-order chi connectivity index (χ0) is 21.3. The number of aromatic nitrogens is 3. The summed E-state index contributed by atoms with van der Waals surface area (Å²) in [5.74, 6) is -0.793. The maximum Gasteiger partial charge on any atom is 0.417 e. The number of benzene rings is 1. The molecule has 2 aromatic heterocycles. The summed E-state index contributed by atoms with van der Waals surface area (Å²) in [6.07, 6.45) is -5.67. The molecule has 3 aromatic rings. The Morgan fingerprint density at radius 1 is 1.31 bits per heavy atom. The van der Waals surface area contributed by atoms with Gasteiger partial charge in [0, 0.05) is 24.7 Å². The summed E-state index contributed by atoms with van der Waals surface area (Å²) in [6.45, 7) is 3.14. The van der Waals surface area contributed by atoms with Gasteiger partial charge in [-0.05, 0) is 31.5 Å². The van der Waals surface area contributed by atoms with E-state index in [9.17, 15) is 18.0 Å². The third-order valence-corrected chi connectivity index (χ3v) is 4.55. The third-order valence-electron chi connectivity index (χ3n) is 4.30. The minimum Gasteiger partial charge on any atom is -0.464 e. The molecule has 0 fully saturated rings. The van der Waals surface area contributed by atoms with Crippen LogP contribution in [0.15, 0.2) is 30.3 Å². The lowest BCUT2D eigenvalue weighted by Crippen LogP contribution is -2.36. The first-order valence-corrected chi connectivity index (χ1v) is 9.04. The zero-order valence-corrected chi connectivity index (χ0v) is 16.6. The quantitative estimate of drug-likeness (QED) is 0.668. The number of pyridine rings is 1. The molecule has 10 heteroatoms. The number of fused-ring (bicyclic) bond motifs is 1. The average Bonchev–Trinajstić information content (AvgIpc) is 2.93. The Kier molecular flexibility index (Phi) is 5.70. The molecule has 0 saturated heterocycles. The Morgan fingerprint density at radius 2 is 1.97 bits per heavy atom. The number of hydrogen-bond acceptors (Lipinski definition) is 4. The molecule has 0 spiro atoms. The molecule has 1 N–H and O–H groups in total. The molecule has 6 nitrogen and oxygen atoms in total. The highest BCUT2D eigenvalue weighted by Crippen LogP contribution is 2.37. The summed E-state index contributed by atoms with van der Waals surface area (Å²) in [5.41, 5.74) is 0.153. The maximum atomic E-state index is 13.5. The van der Waals surface area contributed by atoms with Gasteiger partial charge < -0.3 is 10.1 Å². The van der Waals surface area contributed by atoms with Crippen LogP contribution >= 0.6 is 11.6 Å². The van der Waals surface area contributed by atoms with Gasteiger partial charge in [0.15, 0.2) is 11.8 Å². The first kappa shape index (κ1) is 20.9. The first-order valence-electron chi connectivity index (χ1n) is 8.66. The highest BCUT2D eigenvalue weighted by atomic mass is 35.5. The van der Waals surface area contributed by atoms with Crippen molar-refractivity contribution in [3.8, 4) is 5.88 Å². The number of amides is 1. The molecule has 0 radical (unpaired) electrons. The van der Waals surface area contributed by atoms with Crippen molar-refractivity contribution in [1.29, 1.82) is 0 Å². The van der Waals surface area contributed by atoms with Crippen LogP contribution in [0.3, 0.4) is 0 Å². The molecule has 0 aliphatic rings. The number of halogens is 4. The maximum absolute atomic E-state index is 13.5. The van der Waals surface area contributed by atoms with Gasteiger partial charge >= 0.3 is 6.18 Å². The van der Waals surface area contributed by atoms with Crippen molar-refractivity contribution in [1.82, 2.24) is 20.1 Å².